The Kier molecular flexibility index (Phi) is 6.08. The molecule has 1 aliphatic heterocycles. The van der Waals surface area contributed by atoms with Crippen LogP contribution in [0.25, 0.3) is 0 Å². The van der Waals surface area contributed by atoms with Gasteiger partial charge in [-0.15, -0.1) is 0 Å². The number of benzene rings is 1. The largest absolute Gasteiger partial charge is 0.366 e. The van der Waals surface area contributed by atoms with Crippen molar-refractivity contribution in [2.75, 3.05) is 32.5 Å². The highest BCUT2D eigenvalue weighted by atomic mass is 32.2. The second-order valence-electron chi connectivity index (χ2n) is 7.01. The molecule has 1 aromatic carbocycles. The van der Waals surface area contributed by atoms with Gasteiger partial charge in [0.25, 0.3) is 0 Å². The normalized spacial score (nSPS) is 15.4. The van der Waals surface area contributed by atoms with Gasteiger partial charge in [0.2, 0.25) is 10.0 Å². The van der Waals surface area contributed by atoms with Gasteiger partial charge in [0.15, 0.2) is 0 Å². The van der Waals surface area contributed by atoms with E-state index in [0.29, 0.717) is 37.6 Å². The molecule has 0 saturated carbocycles. The van der Waals surface area contributed by atoms with Crippen molar-refractivity contribution in [3.8, 4) is 0 Å². The van der Waals surface area contributed by atoms with E-state index in [1.807, 2.05) is 25.1 Å². The number of hydrogen-bond donors (Lipinski definition) is 1. The maximum absolute atomic E-state index is 14.1. The minimum Gasteiger partial charge on any atom is -0.366 e. The first-order valence-corrected chi connectivity index (χ1v) is 10.4. The Morgan fingerprint density at radius 2 is 1.93 bits per heavy atom. The Labute approximate surface area is 160 Å². The minimum absolute atomic E-state index is 0.203. The summed E-state index contributed by atoms with van der Waals surface area (Å²) in [5, 5.41) is 3.10. The molecule has 0 bridgehead atoms. The van der Waals surface area contributed by atoms with Gasteiger partial charge in [-0.3, -0.25) is 0 Å². The van der Waals surface area contributed by atoms with Crippen LogP contribution in [0.5, 0.6) is 0 Å². The van der Waals surface area contributed by atoms with Crippen LogP contribution in [0.3, 0.4) is 0 Å². The van der Waals surface area contributed by atoms with E-state index in [4.69, 9.17) is 0 Å². The topological polar surface area (TPSA) is 65.5 Å². The maximum atomic E-state index is 14.1. The van der Waals surface area contributed by atoms with Crippen LogP contribution in [0.2, 0.25) is 0 Å². The van der Waals surface area contributed by atoms with Crippen molar-refractivity contribution in [2.24, 2.45) is 0 Å². The standard InChI is InChI=1S/C19H25FN4O2S/c1-23(2)14-16-6-5-15(11-18(16)20)12-21-19-8-7-17(13-22-19)27(25,26)24-9-3-4-10-24/h5-8,11,13H,3-4,9-10,12,14H2,1-2H3,(H,21,22). The molecule has 1 aliphatic rings. The van der Waals surface area contributed by atoms with Crippen molar-refractivity contribution in [2.45, 2.75) is 30.8 Å². The summed E-state index contributed by atoms with van der Waals surface area (Å²) in [4.78, 5) is 6.31. The fourth-order valence-corrected chi connectivity index (χ4v) is 4.54. The molecule has 3 rings (SSSR count). The van der Waals surface area contributed by atoms with Crippen LogP contribution < -0.4 is 5.32 Å². The lowest BCUT2D eigenvalue weighted by molar-refractivity contribution is 0.392. The maximum Gasteiger partial charge on any atom is 0.244 e. The molecule has 1 N–H and O–H groups in total. The molecule has 8 heteroatoms. The molecule has 0 unspecified atom stereocenters. The highest BCUT2D eigenvalue weighted by molar-refractivity contribution is 7.89. The molecular weight excluding hydrogens is 367 g/mol. The van der Waals surface area contributed by atoms with Crippen LogP contribution in [-0.4, -0.2) is 49.8 Å². The van der Waals surface area contributed by atoms with Gasteiger partial charge in [-0.25, -0.2) is 17.8 Å². The van der Waals surface area contributed by atoms with E-state index in [1.54, 1.807) is 18.2 Å². The van der Waals surface area contributed by atoms with Gasteiger partial charge in [0, 0.05) is 37.9 Å². The van der Waals surface area contributed by atoms with Crippen molar-refractivity contribution >= 4 is 15.8 Å². The number of nitrogens with zero attached hydrogens (tertiary/aromatic N) is 3. The lowest BCUT2D eigenvalue weighted by Crippen LogP contribution is -2.27. The first-order valence-electron chi connectivity index (χ1n) is 8.98. The van der Waals surface area contributed by atoms with Crippen molar-refractivity contribution in [3.05, 3.63) is 53.5 Å². The molecule has 0 amide bonds. The van der Waals surface area contributed by atoms with Crippen LogP contribution in [0.4, 0.5) is 10.2 Å². The average Bonchev–Trinajstić information content (AvgIpc) is 3.18. The zero-order valence-corrected chi connectivity index (χ0v) is 16.5. The van der Waals surface area contributed by atoms with Gasteiger partial charge < -0.3 is 10.2 Å². The van der Waals surface area contributed by atoms with Gasteiger partial charge in [-0.2, -0.15) is 4.31 Å². The highest BCUT2D eigenvalue weighted by Gasteiger charge is 2.27. The van der Waals surface area contributed by atoms with E-state index >= 15 is 0 Å². The zero-order valence-electron chi connectivity index (χ0n) is 15.7. The molecule has 6 nitrogen and oxygen atoms in total. The number of sulfonamides is 1. The second-order valence-corrected chi connectivity index (χ2v) is 8.95. The number of halogens is 1. The van der Waals surface area contributed by atoms with Gasteiger partial charge in [0.1, 0.15) is 16.5 Å². The van der Waals surface area contributed by atoms with Crippen LogP contribution in [0, 0.1) is 5.82 Å². The summed E-state index contributed by atoms with van der Waals surface area (Å²) in [6.45, 7) is 2.09. The third kappa shape index (κ3) is 4.82. The van der Waals surface area contributed by atoms with E-state index in [0.717, 1.165) is 18.4 Å². The Balaban J connectivity index is 1.63. The number of pyridine rings is 1. The summed E-state index contributed by atoms with van der Waals surface area (Å²) in [6.07, 6.45) is 3.17. The van der Waals surface area contributed by atoms with E-state index in [2.05, 4.69) is 10.3 Å². The minimum atomic E-state index is -3.45. The van der Waals surface area contributed by atoms with E-state index in [9.17, 15) is 12.8 Å². The number of anilines is 1. The van der Waals surface area contributed by atoms with Gasteiger partial charge in [-0.05, 0) is 50.7 Å². The van der Waals surface area contributed by atoms with E-state index < -0.39 is 10.0 Å². The Morgan fingerprint density at radius 3 is 2.52 bits per heavy atom. The van der Waals surface area contributed by atoms with Crippen LogP contribution in [0.15, 0.2) is 41.4 Å². The fraction of sp³-hybridized carbons (Fsp3) is 0.421. The lowest BCUT2D eigenvalue weighted by Gasteiger charge is -2.15. The predicted octanol–water partition coefficient (Wildman–Crippen LogP) is 2.68. The Morgan fingerprint density at radius 1 is 1.19 bits per heavy atom. The molecule has 0 atom stereocenters. The molecule has 1 fully saturated rings. The molecular formula is C19H25FN4O2S. The number of rotatable bonds is 7. The van der Waals surface area contributed by atoms with Gasteiger partial charge in [0.05, 0.1) is 0 Å². The fourth-order valence-electron chi connectivity index (χ4n) is 3.08. The molecule has 0 aliphatic carbocycles. The third-order valence-electron chi connectivity index (χ3n) is 4.52. The monoisotopic (exact) mass is 392 g/mol. The summed E-state index contributed by atoms with van der Waals surface area (Å²) in [5.74, 6) is 0.316. The number of nitrogens with one attached hydrogen (secondary N) is 1. The first kappa shape index (κ1) is 19.7. The first-order chi connectivity index (χ1) is 12.9. The Hall–Kier alpha value is -2.03. The molecule has 0 radical (unpaired) electrons. The smallest absolute Gasteiger partial charge is 0.244 e. The molecule has 2 heterocycles. The van der Waals surface area contributed by atoms with Crippen molar-refractivity contribution < 1.29 is 12.8 Å². The second kappa shape index (κ2) is 8.33. The van der Waals surface area contributed by atoms with E-state index in [1.165, 1.54) is 16.6 Å². The quantitative estimate of drug-likeness (QED) is 0.785. The molecule has 0 spiro atoms. The summed E-state index contributed by atoms with van der Waals surface area (Å²) in [5.41, 5.74) is 1.45. The van der Waals surface area contributed by atoms with Crippen molar-refractivity contribution in [1.82, 2.24) is 14.2 Å². The van der Waals surface area contributed by atoms with E-state index in [-0.39, 0.29) is 10.7 Å². The molecule has 2 aromatic rings. The zero-order chi connectivity index (χ0) is 19.4. The molecule has 27 heavy (non-hydrogen) atoms. The molecule has 1 saturated heterocycles. The highest BCUT2D eigenvalue weighted by Crippen LogP contribution is 2.21. The van der Waals surface area contributed by atoms with Crippen LogP contribution >= 0.6 is 0 Å². The van der Waals surface area contributed by atoms with Crippen LogP contribution in [0.1, 0.15) is 24.0 Å². The summed E-state index contributed by atoms with van der Waals surface area (Å²) in [7, 11) is 0.340. The lowest BCUT2D eigenvalue weighted by atomic mass is 10.1. The van der Waals surface area contributed by atoms with Gasteiger partial charge >= 0.3 is 0 Å². The summed E-state index contributed by atoms with van der Waals surface area (Å²) >= 11 is 0. The summed E-state index contributed by atoms with van der Waals surface area (Å²) in [6, 6.07) is 8.37. The van der Waals surface area contributed by atoms with Crippen molar-refractivity contribution in [3.63, 3.8) is 0 Å². The Bertz CT molecular complexity index is 879. The number of hydrogen-bond acceptors (Lipinski definition) is 5. The summed E-state index contributed by atoms with van der Waals surface area (Å²) < 4.78 is 40.6. The van der Waals surface area contributed by atoms with Gasteiger partial charge in [-0.1, -0.05) is 12.1 Å². The molecule has 146 valence electrons. The van der Waals surface area contributed by atoms with Crippen molar-refractivity contribution in [1.29, 1.82) is 0 Å². The average molecular weight is 393 g/mol. The third-order valence-corrected chi connectivity index (χ3v) is 6.40. The predicted molar refractivity (Wildman–Crippen MR) is 103 cm³/mol. The van der Waals surface area contributed by atoms with Crippen LogP contribution in [-0.2, 0) is 23.1 Å². The SMILES string of the molecule is CN(C)Cc1ccc(CNc2ccc(S(=O)(=O)N3CCCC3)cn2)cc1F. The number of aromatic nitrogens is 1. The molecule has 1 aromatic heterocycles.